The van der Waals surface area contributed by atoms with Crippen LogP contribution in [0.5, 0.6) is 0 Å². The van der Waals surface area contributed by atoms with E-state index in [9.17, 15) is 18.0 Å². The van der Waals surface area contributed by atoms with Crippen LogP contribution in [0.4, 0.5) is 13.2 Å². The molecule has 9 heteroatoms. The van der Waals surface area contributed by atoms with Crippen molar-refractivity contribution in [2.75, 3.05) is 6.54 Å². The highest BCUT2D eigenvalue weighted by molar-refractivity contribution is 5.90. The summed E-state index contributed by atoms with van der Waals surface area (Å²) in [5.74, 6) is -1.28. The molecule has 0 bridgehead atoms. The molecular formula is C7H10F3N5O. The van der Waals surface area contributed by atoms with E-state index in [1.807, 2.05) is 5.21 Å². The minimum absolute atomic E-state index is 0.377. The molecule has 0 aliphatic rings. The predicted octanol–water partition coefficient (Wildman–Crippen LogP) is 0.613. The van der Waals surface area contributed by atoms with E-state index in [0.717, 1.165) is 0 Å². The summed E-state index contributed by atoms with van der Waals surface area (Å²) in [6, 6.07) is -0.604. The van der Waals surface area contributed by atoms with Crippen molar-refractivity contribution in [3.8, 4) is 0 Å². The maximum absolute atomic E-state index is 12.2. The average molecular weight is 237 g/mol. The maximum atomic E-state index is 12.2. The number of tetrazole rings is 1. The number of hydrogen-bond acceptors (Lipinski definition) is 4. The van der Waals surface area contributed by atoms with Gasteiger partial charge in [-0.3, -0.25) is 4.79 Å². The Morgan fingerprint density at radius 1 is 1.50 bits per heavy atom. The summed E-state index contributed by atoms with van der Waals surface area (Å²) in [5, 5.41) is 11.8. The van der Waals surface area contributed by atoms with Gasteiger partial charge in [0.25, 0.3) is 11.7 Å². The van der Waals surface area contributed by atoms with E-state index in [-0.39, 0.29) is 5.82 Å². The van der Waals surface area contributed by atoms with Crippen molar-refractivity contribution >= 4 is 5.91 Å². The third kappa shape index (κ3) is 3.17. The third-order valence-corrected chi connectivity index (χ3v) is 1.77. The first-order valence-corrected chi connectivity index (χ1v) is 4.42. The number of nitrogens with one attached hydrogen (secondary N) is 1. The molecule has 0 saturated heterocycles. The van der Waals surface area contributed by atoms with Gasteiger partial charge in [0.2, 0.25) is 0 Å². The molecule has 1 heterocycles. The minimum atomic E-state index is -4.45. The van der Waals surface area contributed by atoms with Crippen LogP contribution in [-0.4, -0.2) is 50.2 Å². The zero-order chi connectivity index (χ0) is 12.3. The number of rotatable bonds is 3. The Hall–Kier alpha value is -1.67. The predicted molar refractivity (Wildman–Crippen MR) is 46.4 cm³/mol. The Bertz CT molecular complexity index is 347. The summed E-state index contributed by atoms with van der Waals surface area (Å²) in [6.07, 6.45) is -4.45. The molecule has 0 aliphatic carbocycles. The van der Waals surface area contributed by atoms with Gasteiger partial charge in [-0.2, -0.15) is 18.4 Å². The van der Waals surface area contributed by atoms with E-state index < -0.39 is 24.7 Å². The molecule has 1 amide bonds. The van der Waals surface area contributed by atoms with E-state index in [1.54, 1.807) is 0 Å². The van der Waals surface area contributed by atoms with Crippen LogP contribution < -0.4 is 0 Å². The summed E-state index contributed by atoms with van der Waals surface area (Å²) in [6.45, 7) is 1.62. The first kappa shape index (κ1) is 12.4. The molecule has 16 heavy (non-hydrogen) atoms. The standard InChI is InChI=1S/C7H10F3N5O/c1-4(2)15(3-7(8,9)10)6(16)5-11-13-14-12-5/h4H,3H2,1-2H3,(H,11,12,13,14). The molecule has 0 aliphatic heterocycles. The molecule has 6 nitrogen and oxygen atoms in total. The van der Waals surface area contributed by atoms with Crippen molar-refractivity contribution < 1.29 is 18.0 Å². The second kappa shape index (κ2) is 4.45. The van der Waals surface area contributed by atoms with Gasteiger partial charge in [-0.05, 0) is 19.1 Å². The van der Waals surface area contributed by atoms with E-state index in [4.69, 9.17) is 0 Å². The maximum Gasteiger partial charge on any atom is 0.406 e. The Morgan fingerprint density at radius 3 is 2.50 bits per heavy atom. The summed E-state index contributed by atoms with van der Waals surface area (Å²) in [4.78, 5) is 12.2. The smallest absolute Gasteiger partial charge is 0.324 e. The van der Waals surface area contributed by atoms with E-state index >= 15 is 0 Å². The summed E-state index contributed by atoms with van der Waals surface area (Å²) in [5.41, 5.74) is 0. The van der Waals surface area contributed by atoms with Crippen LogP contribution in [-0.2, 0) is 0 Å². The second-order valence-corrected chi connectivity index (χ2v) is 3.38. The SMILES string of the molecule is CC(C)N(CC(F)(F)F)C(=O)c1nn[nH]n1. The van der Waals surface area contributed by atoms with Crippen LogP contribution in [0.3, 0.4) is 0 Å². The van der Waals surface area contributed by atoms with Gasteiger partial charge in [0.15, 0.2) is 0 Å². The van der Waals surface area contributed by atoms with Crippen molar-refractivity contribution in [1.29, 1.82) is 0 Å². The fraction of sp³-hybridized carbons (Fsp3) is 0.714. The van der Waals surface area contributed by atoms with E-state index in [2.05, 4.69) is 15.4 Å². The largest absolute Gasteiger partial charge is 0.406 e. The normalized spacial score (nSPS) is 11.9. The molecular weight excluding hydrogens is 227 g/mol. The van der Waals surface area contributed by atoms with Gasteiger partial charge in [0.1, 0.15) is 6.54 Å². The molecule has 1 rings (SSSR count). The van der Waals surface area contributed by atoms with Crippen molar-refractivity contribution in [3.63, 3.8) is 0 Å². The van der Waals surface area contributed by atoms with E-state index in [0.29, 0.717) is 4.90 Å². The second-order valence-electron chi connectivity index (χ2n) is 3.38. The lowest BCUT2D eigenvalue weighted by molar-refractivity contribution is -0.143. The number of amides is 1. The van der Waals surface area contributed by atoms with Gasteiger partial charge in [0.05, 0.1) is 0 Å². The molecule has 0 fully saturated rings. The molecule has 0 unspecified atom stereocenters. The van der Waals surface area contributed by atoms with Crippen molar-refractivity contribution in [3.05, 3.63) is 5.82 Å². The van der Waals surface area contributed by atoms with Gasteiger partial charge in [0, 0.05) is 6.04 Å². The molecule has 0 spiro atoms. The topological polar surface area (TPSA) is 74.8 Å². The zero-order valence-electron chi connectivity index (χ0n) is 8.62. The van der Waals surface area contributed by atoms with Crippen LogP contribution >= 0.6 is 0 Å². The van der Waals surface area contributed by atoms with E-state index in [1.165, 1.54) is 13.8 Å². The van der Waals surface area contributed by atoms with Gasteiger partial charge in [-0.15, -0.1) is 10.2 Å². The number of alkyl halides is 3. The Labute approximate surface area is 88.8 Å². The number of carbonyl (C=O) groups excluding carboxylic acids is 1. The molecule has 0 saturated carbocycles. The third-order valence-electron chi connectivity index (χ3n) is 1.77. The van der Waals surface area contributed by atoms with Gasteiger partial charge in [-0.1, -0.05) is 0 Å². The zero-order valence-corrected chi connectivity index (χ0v) is 8.62. The Kier molecular flexibility index (Phi) is 3.45. The molecule has 0 radical (unpaired) electrons. The molecule has 90 valence electrons. The molecule has 0 atom stereocenters. The lowest BCUT2D eigenvalue weighted by Crippen LogP contribution is -2.43. The number of aromatic nitrogens is 4. The first-order valence-electron chi connectivity index (χ1n) is 4.42. The fourth-order valence-corrected chi connectivity index (χ4v) is 1.06. The van der Waals surface area contributed by atoms with Crippen LogP contribution in [0.1, 0.15) is 24.5 Å². The van der Waals surface area contributed by atoms with Crippen LogP contribution in [0.15, 0.2) is 0 Å². The molecule has 1 N–H and O–H groups in total. The summed E-state index contributed by atoms with van der Waals surface area (Å²) < 4.78 is 36.6. The molecule has 1 aromatic rings. The quantitative estimate of drug-likeness (QED) is 0.835. The highest BCUT2D eigenvalue weighted by Gasteiger charge is 2.35. The Balaban J connectivity index is 2.83. The highest BCUT2D eigenvalue weighted by atomic mass is 19.4. The van der Waals surface area contributed by atoms with Crippen molar-refractivity contribution in [2.45, 2.75) is 26.1 Å². The van der Waals surface area contributed by atoms with Crippen molar-refractivity contribution in [1.82, 2.24) is 25.5 Å². The highest BCUT2D eigenvalue weighted by Crippen LogP contribution is 2.18. The summed E-state index contributed by atoms with van der Waals surface area (Å²) >= 11 is 0. The molecule has 1 aromatic heterocycles. The van der Waals surface area contributed by atoms with Gasteiger partial charge < -0.3 is 4.90 Å². The van der Waals surface area contributed by atoms with Crippen LogP contribution in [0.2, 0.25) is 0 Å². The number of halogens is 3. The number of aromatic amines is 1. The lowest BCUT2D eigenvalue weighted by Gasteiger charge is -2.26. The first-order chi connectivity index (χ1) is 7.31. The van der Waals surface area contributed by atoms with Crippen LogP contribution in [0.25, 0.3) is 0 Å². The molecule has 0 aromatic carbocycles. The number of nitrogens with zero attached hydrogens (tertiary/aromatic N) is 4. The Morgan fingerprint density at radius 2 is 2.12 bits per heavy atom. The lowest BCUT2D eigenvalue weighted by atomic mass is 10.3. The van der Waals surface area contributed by atoms with Gasteiger partial charge >= 0.3 is 6.18 Å². The fourth-order valence-electron chi connectivity index (χ4n) is 1.06. The minimum Gasteiger partial charge on any atom is -0.324 e. The van der Waals surface area contributed by atoms with Crippen LogP contribution in [0, 0.1) is 0 Å². The average Bonchev–Trinajstić information content (AvgIpc) is 2.63. The van der Waals surface area contributed by atoms with Gasteiger partial charge in [-0.25, -0.2) is 0 Å². The summed E-state index contributed by atoms with van der Waals surface area (Å²) in [7, 11) is 0. The monoisotopic (exact) mass is 237 g/mol. The number of hydrogen-bond donors (Lipinski definition) is 1. The van der Waals surface area contributed by atoms with Crippen molar-refractivity contribution in [2.24, 2.45) is 0 Å². The number of carbonyl (C=O) groups is 1. The number of H-pyrrole nitrogens is 1.